The lowest BCUT2D eigenvalue weighted by Gasteiger charge is -2.32. The Morgan fingerprint density at radius 2 is 1.67 bits per heavy atom. The highest BCUT2D eigenvalue weighted by molar-refractivity contribution is 7.12. The second-order valence-electron chi connectivity index (χ2n) is 8.60. The number of aryl methyl sites for hydroxylation is 1. The third-order valence-electron chi connectivity index (χ3n) is 5.94. The Hall–Kier alpha value is -4.57. The van der Waals surface area contributed by atoms with E-state index < -0.39 is 17.9 Å². The fourth-order valence-corrected chi connectivity index (χ4v) is 4.60. The molecule has 0 unspecified atom stereocenters. The number of nitrogens with one attached hydrogen (secondary N) is 2. The molecule has 0 spiro atoms. The van der Waals surface area contributed by atoms with Crippen LogP contribution in [0.15, 0.2) is 82.8 Å². The highest BCUT2D eigenvalue weighted by Crippen LogP contribution is 2.34. The number of anilines is 1. The number of carbonyl (C=O) groups is 3. The number of hydrogen-bond acceptors (Lipinski definition) is 7. The number of carbonyl (C=O) groups excluding carboxylic acids is 3. The Bertz CT molecular complexity index is 1380. The van der Waals surface area contributed by atoms with E-state index in [0.29, 0.717) is 33.4 Å². The Morgan fingerprint density at radius 1 is 0.949 bits per heavy atom. The van der Waals surface area contributed by atoms with Crippen LogP contribution in [0.1, 0.15) is 32.6 Å². The van der Waals surface area contributed by atoms with Gasteiger partial charge in [0.15, 0.2) is 0 Å². The number of rotatable bonds is 11. The minimum atomic E-state index is -1.08. The minimum absolute atomic E-state index is 0.132. The number of amides is 3. The Balaban J connectivity index is 1.74. The topological polar surface area (TPSA) is 110 Å². The summed E-state index contributed by atoms with van der Waals surface area (Å²) in [4.78, 5) is 42.1. The SMILES string of the molecule is COc1cc(OC)cc(N(C(=O)CNC(=O)c2cccs2)[C@H](C(=O)NCc2ccco2)c2ccc(C)cc2)c1. The molecule has 4 rings (SSSR count). The number of benzene rings is 2. The van der Waals surface area contributed by atoms with Gasteiger partial charge in [-0.25, -0.2) is 0 Å². The second kappa shape index (κ2) is 12.8. The van der Waals surface area contributed by atoms with Crippen LogP contribution in [0.25, 0.3) is 0 Å². The smallest absolute Gasteiger partial charge is 0.261 e. The number of furan rings is 1. The van der Waals surface area contributed by atoms with Crippen LogP contribution in [0, 0.1) is 6.92 Å². The van der Waals surface area contributed by atoms with Gasteiger partial charge in [-0.15, -0.1) is 11.3 Å². The molecule has 9 nitrogen and oxygen atoms in total. The van der Waals surface area contributed by atoms with E-state index in [0.717, 1.165) is 5.56 Å². The maximum atomic E-state index is 13.9. The molecule has 1 atom stereocenters. The maximum Gasteiger partial charge on any atom is 0.261 e. The highest BCUT2D eigenvalue weighted by Gasteiger charge is 2.33. The molecule has 0 radical (unpaired) electrons. The average molecular weight is 548 g/mol. The van der Waals surface area contributed by atoms with Gasteiger partial charge in [0.05, 0.1) is 44.1 Å². The fourth-order valence-electron chi connectivity index (χ4n) is 3.96. The minimum Gasteiger partial charge on any atom is -0.497 e. The predicted octanol–water partition coefficient (Wildman–Crippen LogP) is 4.49. The molecule has 10 heteroatoms. The van der Waals surface area contributed by atoms with Crippen molar-refractivity contribution >= 4 is 34.7 Å². The van der Waals surface area contributed by atoms with E-state index >= 15 is 0 Å². The van der Waals surface area contributed by atoms with Crippen LogP contribution in [-0.2, 0) is 16.1 Å². The van der Waals surface area contributed by atoms with Crippen LogP contribution in [0.3, 0.4) is 0 Å². The van der Waals surface area contributed by atoms with Crippen LogP contribution >= 0.6 is 11.3 Å². The van der Waals surface area contributed by atoms with Crippen LogP contribution in [0.5, 0.6) is 11.5 Å². The summed E-state index contributed by atoms with van der Waals surface area (Å²) in [6, 6.07) is 18.1. The molecule has 0 bridgehead atoms. The monoisotopic (exact) mass is 547 g/mol. The van der Waals surface area contributed by atoms with Crippen molar-refractivity contribution in [1.29, 1.82) is 0 Å². The molecule has 0 aliphatic rings. The van der Waals surface area contributed by atoms with E-state index in [1.807, 2.05) is 19.1 Å². The first-order chi connectivity index (χ1) is 18.9. The molecule has 0 saturated heterocycles. The summed E-state index contributed by atoms with van der Waals surface area (Å²) in [6.07, 6.45) is 1.52. The van der Waals surface area contributed by atoms with Crippen molar-refractivity contribution in [1.82, 2.24) is 10.6 Å². The summed E-state index contributed by atoms with van der Waals surface area (Å²) in [5.74, 6) is 0.113. The van der Waals surface area contributed by atoms with E-state index in [1.54, 1.807) is 60.0 Å². The lowest BCUT2D eigenvalue weighted by atomic mass is 10.0. The Kier molecular flexibility index (Phi) is 9.01. The number of ether oxygens (including phenoxy) is 2. The molecule has 0 fully saturated rings. The number of nitrogens with zero attached hydrogens (tertiary/aromatic N) is 1. The van der Waals surface area contributed by atoms with Gasteiger partial charge in [0, 0.05) is 18.2 Å². The zero-order valence-electron chi connectivity index (χ0n) is 21.8. The number of methoxy groups -OCH3 is 2. The first-order valence-corrected chi connectivity index (χ1v) is 13.0. The maximum absolute atomic E-state index is 13.9. The summed E-state index contributed by atoms with van der Waals surface area (Å²) < 4.78 is 16.2. The normalized spacial score (nSPS) is 11.4. The summed E-state index contributed by atoms with van der Waals surface area (Å²) >= 11 is 1.27. The van der Waals surface area contributed by atoms with Gasteiger partial charge in [-0.3, -0.25) is 19.3 Å². The van der Waals surface area contributed by atoms with Crippen molar-refractivity contribution in [3.05, 3.63) is 100 Å². The Morgan fingerprint density at radius 3 is 2.26 bits per heavy atom. The molecule has 4 aromatic rings. The molecule has 202 valence electrons. The number of hydrogen-bond donors (Lipinski definition) is 2. The van der Waals surface area contributed by atoms with Crippen molar-refractivity contribution in [3.63, 3.8) is 0 Å². The zero-order valence-corrected chi connectivity index (χ0v) is 22.6. The van der Waals surface area contributed by atoms with Gasteiger partial charge in [-0.05, 0) is 36.1 Å². The van der Waals surface area contributed by atoms with Gasteiger partial charge in [-0.2, -0.15) is 0 Å². The first kappa shape index (κ1) is 27.5. The standard InChI is InChI=1S/C29H29N3O6S/c1-19-8-10-20(11-9-19)27(29(35)30-17-22-6-4-12-38-22)32(21-14-23(36-2)16-24(15-21)37-3)26(33)18-31-28(34)25-7-5-13-39-25/h4-16,27H,17-18H2,1-3H3,(H,30,35)(H,31,34)/t27-/m0/s1. The number of thiophene rings is 1. The fraction of sp³-hybridized carbons (Fsp3) is 0.207. The van der Waals surface area contributed by atoms with Crippen LogP contribution in [0.2, 0.25) is 0 Å². The van der Waals surface area contributed by atoms with Gasteiger partial charge in [-0.1, -0.05) is 35.9 Å². The molecule has 3 amide bonds. The lowest BCUT2D eigenvalue weighted by Crippen LogP contribution is -2.47. The van der Waals surface area contributed by atoms with Crippen molar-refractivity contribution in [2.75, 3.05) is 25.7 Å². The molecule has 2 aromatic carbocycles. The zero-order chi connectivity index (χ0) is 27.8. The van der Waals surface area contributed by atoms with Crippen LogP contribution in [-0.4, -0.2) is 38.5 Å². The van der Waals surface area contributed by atoms with E-state index in [4.69, 9.17) is 13.9 Å². The molecule has 0 saturated carbocycles. The van der Waals surface area contributed by atoms with Crippen LogP contribution in [0.4, 0.5) is 5.69 Å². The van der Waals surface area contributed by atoms with Crippen molar-refractivity contribution in [3.8, 4) is 11.5 Å². The molecule has 2 heterocycles. The first-order valence-electron chi connectivity index (χ1n) is 12.1. The van der Waals surface area contributed by atoms with Gasteiger partial charge in [0.2, 0.25) is 11.8 Å². The van der Waals surface area contributed by atoms with E-state index in [-0.39, 0.29) is 19.0 Å². The molecule has 2 aromatic heterocycles. The lowest BCUT2D eigenvalue weighted by molar-refractivity contribution is -0.126. The van der Waals surface area contributed by atoms with Gasteiger partial charge >= 0.3 is 0 Å². The highest BCUT2D eigenvalue weighted by atomic mass is 32.1. The molecule has 0 aliphatic heterocycles. The van der Waals surface area contributed by atoms with Gasteiger partial charge in [0.1, 0.15) is 23.3 Å². The molecule has 39 heavy (non-hydrogen) atoms. The second-order valence-corrected chi connectivity index (χ2v) is 9.55. The van der Waals surface area contributed by atoms with Crippen molar-refractivity contribution in [2.24, 2.45) is 0 Å². The third kappa shape index (κ3) is 6.85. The van der Waals surface area contributed by atoms with Gasteiger partial charge in [0.25, 0.3) is 5.91 Å². The molecular formula is C29H29N3O6S. The van der Waals surface area contributed by atoms with E-state index in [1.165, 1.54) is 36.7 Å². The molecule has 2 N–H and O–H groups in total. The van der Waals surface area contributed by atoms with Crippen molar-refractivity contribution < 1.29 is 28.3 Å². The average Bonchev–Trinajstić information content (AvgIpc) is 3.68. The summed E-state index contributed by atoms with van der Waals surface area (Å²) in [6.45, 7) is 1.72. The van der Waals surface area contributed by atoms with E-state index in [9.17, 15) is 14.4 Å². The summed E-state index contributed by atoms with van der Waals surface area (Å²) in [7, 11) is 3.00. The predicted molar refractivity (Wildman–Crippen MR) is 148 cm³/mol. The summed E-state index contributed by atoms with van der Waals surface area (Å²) in [5, 5.41) is 7.33. The quantitative estimate of drug-likeness (QED) is 0.286. The third-order valence-corrected chi connectivity index (χ3v) is 6.81. The molecular weight excluding hydrogens is 518 g/mol. The summed E-state index contributed by atoms with van der Waals surface area (Å²) in [5.41, 5.74) is 1.94. The van der Waals surface area contributed by atoms with E-state index in [2.05, 4.69) is 10.6 Å². The Labute approximate surface area is 230 Å². The molecule has 0 aliphatic carbocycles. The van der Waals surface area contributed by atoms with Crippen molar-refractivity contribution in [2.45, 2.75) is 19.5 Å². The largest absolute Gasteiger partial charge is 0.497 e. The van der Waals surface area contributed by atoms with Gasteiger partial charge < -0.3 is 24.5 Å². The van der Waals surface area contributed by atoms with Crippen LogP contribution < -0.4 is 25.0 Å².